The number of amides is 1. The van der Waals surface area contributed by atoms with Gasteiger partial charge in [0.05, 0.1) is 26.2 Å². The van der Waals surface area contributed by atoms with E-state index in [2.05, 4.69) is 10.0 Å². The number of carbonyl (C=O) groups is 2. The lowest BCUT2D eigenvalue weighted by Gasteiger charge is -2.09. The number of ether oxygens (including phenoxy) is 1. The van der Waals surface area contributed by atoms with Crippen LogP contribution in [0.1, 0.15) is 17.3 Å². The largest absolute Gasteiger partial charge is 0.452 e. The summed E-state index contributed by atoms with van der Waals surface area (Å²) in [7, 11) is -3.61. The average molecular weight is 431 g/mol. The molecule has 2 aromatic rings. The van der Waals surface area contributed by atoms with Gasteiger partial charge in [0.2, 0.25) is 10.0 Å². The zero-order valence-electron chi connectivity index (χ0n) is 14.2. The second-order valence-corrected chi connectivity index (χ2v) is 7.80. The van der Waals surface area contributed by atoms with Crippen molar-refractivity contribution in [2.75, 3.05) is 18.5 Å². The van der Waals surface area contributed by atoms with Crippen molar-refractivity contribution in [2.45, 2.75) is 11.8 Å². The first-order valence-corrected chi connectivity index (χ1v) is 9.99. The van der Waals surface area contributed by atoms with Crippen LogP contribution < -0.4 is 10.0 Å². The normalized spacial score (nSPS) is 11.1. The van der Waals surface area contributed by atoms with Gasteiger partial charge in [0.1, 0.15) is 0 Å². The maximum atomic E-state index is 12.0. The van der Waals surface area contributed by atoms with Crippen molar-refractivity contribution in [2.24, 2.45) is 0 Å². The number of hydrogen-bond donors (Lipinski definition) is 2. The number of hydrogen-bond acceptors (Lipinski definition) is 5. The molecule has 27 heavy (non-hydrogen) atoms. The van der Waals surface area contributed by atoms with Gasteiger partial charge in [-0.05, 0) is 36.4 Å². The molecule has 0 fully saturated rings. The molecule has 0 bridgehead atoms. The van der Waals surface area contributed by atoms with Gasteiger partial charge in [-0.2, -0.15) is 0 Å². The van der Waals surface area contributed by atoms with Crippen LogP contribution >= 0.6 is 23.2 Å². The van der Waals surface area contributed by atoms with Crippen LogP contribution in [0, 0.1) is 0 Å². The molecule has 0 aliphatic carbocycles. The molecule has 0 atom stereocenters. The molecular formula is C17H16Cl2N2O5S. The fourth-order valence-electron chi connectivity index (χ4n) is 2.04. The Bertz CT molecular complexity index is 946. The van der Waals surface area contributed by atoms with Crippen LogP contribution in [0.3, 0.4) is 0 Å². The molecule has 7 nitrogen and oxygen atoms in total. The quantitative estimate of drug-likeness (QED) is 0.657. The Morgan fingerprint density at radius 2 is 1.74 bits per heavy atom. The van der Waals surface area contributed by atoms with E-state index < -0.39 is 28.5 Å². The zero-order valence-corrected chi connectivity index (χ0v) is 16.5. The SMILES string of the molecule is CCNS(=O)(=O)c1ccc(C(=O)OCC(=O)Nc2cccc(Cl)c2Cl)cc1. The van der Waals surface area contributed by atoms with Gasteiger partial charge >= 0.3 is 5.97 Å². The molecule has 2 aromatic carbocycles. The highest BCUT2D eigenvalue weighted by molar-refractivity contribution is 7.89. The molecule has 0 unspecified atom stereocenters. The smallest absolute Gasteiger partial charge is 0.338 e. The number of rotatable bonds is 7. The molecule has 0 saturated heterocycles. The first-order chi connectivity index (χ1) is 12.7. The summed E-state index contributed by atoms with van der Waals surface area (Å²) in [6, 6.07) is 9.90. The monoisotopic (exact) mass is 430 g/mol. The van der Waals surface area contributed by atoms with E-state index in [1.807, 2.05) is 0 Å². The highest BCUT2D eigenvalue weighted by Gasteiger charge is 2.15. The fraction of sp³-hybridized carbons (Fsp3) is 0.176. The Hall–Kier alpha value is -2.13. The lowest BCUT2D eigenvalue weighted by atomic mass is 10.2. The minimum absolute atomic E-state index is 0.0224. The number of esters is 1. The predicted molar refractivity (Wildman–Crippen MR) is 103 cm³/mol. The second kappa shape index (κ2) is 9.18. The number of sulfonamides is 1. The van der Waals surface area contributed by atoms with Gasteiger partial charge in [0.25, 0.3) is 5.91 Å². The third-order valence-electron chi connectivity index (χ3n) is 3.29. The molecule has 2 rings (SSSR count). The molecule has 0 heterocycles. The Kier molecular flexibility index (Phi) is 7.20. The lowest BCUT2D eigenvalue weighted by Crippen LogP contribution is -2.23. The van der Waals surface area contributed by atoms with Crippen molar-refractivity contribution in [1.82, 2.24) is 4.72 Å². The van der Waals surface area contributed by atoms with Crippen molar-refractivity contribution in [3.05, 3.63) is 58.1 Å². The van der Waals surface area contributed by atoms with Crippen molar-refractivity contribution < 1.29 is 22.7 Å². The van der Waals surface area contributed by atoms with Gasteiger partial charge in [-0.1, -0.05) is 36.2 Å². The van der Waals surface area contributed by atoms with E-state index in [4.69, 9.17) is 27.9 Å². The maximum Gasteiger partial charge on any atom is 0.338 e. The van der Waals surface area contributed by atoms with Gasteiger partial charge in [-0.15, -0.1) is 0 Å². The van der Waals surface area contributed by atoms with E-state index in [1.54, 1.807) is 25.1 Å². The van der Waals surface area contributed by atoms with E-state index in [-0.39, 0.29) is 27.0 Å². The van der Waals surface area contributed by atoms with E-state index in [0.717, 1.165) is 0 Å². The minimum Gasteiger partial charge on any atom is -0.452 e. The number of carbonyl (C=O) groups excluding carboxylic acids is 2. The van der Waals surface area contributed by atoms with Gasteiger partial charge in [0, 0.05) is 6.54 Å². The maximum absolute atomic E-state index is 12.0. The molecular weight excluding hydrogens is 415 g/mol. The Morgan fingerprint density at radius 1 is 1.07 bits per heavy atom. The van der Waals surface area contributed by atoms with Gasteiger partial charge < -0.3 is 10.1 Å². The van der Waals surface area contributed by atoms with Crippen LogP contribution in [0.25, 0.3) is 0 Å². The minimum atomic E-state index is -3.61. The molecule has 0 radical (unpaired) electrons. The topological polar surface area (TPSA) is 102 Å². The van der Waals surface area contributed by atoms with Crippen LogP contribution in [-0.4, -0.2) is 33.4 Å². The van der Waals surface area contributed by atoms with E-state index >= 15 is 0 Å². The zero-order chi connectivity index (χ0) is 20.0. The third kappa shape index (κ3) is 5.67. The molecule has 10 heteroatoms. The van der Waals surface area contributed by atoms with Crippen LogP contribution in [0.15, 0.2) is 47.4 Å². The molecule has 0 aliphatic rings. The summed E-state index contributed by atoms with van der Waals surface area (Å²) in [4.78, 5) is 23.9. The third-order valence-corrected chi connectivity index (χ3v) is 5.68. The van der Waals surface area contributed by atoms with Crippen molar-refractivity contribution in [3.63, 3.8) is 0 Å². The first-order valence-electron chi connectivity index (χ1n) is 7.75. The molecule has 0 spiro atoms. The van der Waals surface area contributed by atoms with E-state index in [0.29, 0.717) is 5.69 Å². The summed E-state index contributed by atoms with van der Waals surface area (Å²) in [6.45, 7) is 1.36. The lowest BCUT2D eigenvalue weighted by molar-refractivity contribution is -0.119. The van der Waals surface area contributed by atoms with Crippen molar-refractivity contribution in [3.8, 4) is 0 Å². The van der Waals surface area contributed by atoms with E-state index in [1.165, 1.54) is 24.3 Å². The number of benzene rings is 2. The van der Waals surface area contributed by atoms with Crippen molar-refractivity contribution >= 4 is 50.8 Å². The highest BCUT2D eigenvalue weighted by atomic mass is 35.5. The molecule has 0 aromatic heterocycles. The van der Waals surface area contributed by atoms with Crippen LogP contribution in [0.4, 0.5) is 5.69 Å². The molecule has 144 valence electrons. The summed E-state index contributed by atoms with van der Waals surface area (Å²) < 4.78 is 31.0. The first kappa shape index (κ1) is 21.2. The summed E-state index contributed by atoms with van der Waals surface area (Å²) in [6.07, 6.45) is 0. The summed E-state index contributed by atoms with van der Waals surface area (Å²) in [5.74, 6) is -1.37. The molecule has 1 amide bonds. The van der Waals surface area contributed by atoms with Crippen LogP contribution in [0.5, 0.6) is 0 Å². The average Bonchev–Trinajstić information content (AvgIpc) is 2.63. The van der Waals surface area contributed by atoms with Gasteiger partial charge in [0.15, 0.2) is 6.61 Å². The Balaban J connectivity index is 1.95. The number of nitrogens with one attached hydrogen (secondary N) is 2. The van der Waals surface area contributed by atoms with Crippen molar-refractivity contribution in [1.29, 1.82) is 0 Å². The number of halogens is 2. The van der Waals surface area contributed by atoms with Crippen LogP contribution in [0.2, 0.25) is 10.0 Å². The fourth-order valence-corrected chi connectivity index (χ4v) is 3.43. The van der Waals surface area contributed by atoms with Crippen LogP contribution in [-0.2, 0) is 19.6 Å². The summed E-state index contributed by atoms with van der Waals surface area (Å²) in [5.41, 5.74) is 0.405. The molecule has 0 saturated carbocycles. The number of anilines is 1. The summed E-state index contributed by atoms with van der Waals surface area (Å²) in [5, 5.41) is 2.93. The Labute approximate surface area is 166 Å². The second-order valence-electron chi connectivity index (χ2n) is 5.25. The predicted octanol–water partition coefficient (Wildman–Crippen LogP) is 3.09. The van der Waals surface area contributed by atoms with E-state index in [9.17, 15) is 18.0 Å². The standard InChI is InChI=1S/C17H16Cl2N2O5S/c1-2-20-27(24,25)12-8-6-11(7-9-12)17(23)26-10-15(22)21-14-5-3-4-13(18)16(14)19/h3-9,20H,2,10H2,1H3,(H,21,22). The summed E-state index contributed by atoms with van der Waals surface area (Å²) >= 11 is 11.8. The highest BCUT2D eigenvalue weighted by Crippen LogP contribution is 2.29. The Morgan fingerprint density at radius 3 is 2.37 bits per heavy atom. The van der Waals surface area contributed by atoms with Gasteiger partial charge in [-0.25, -0.2) is 17.9 Å². The van der Waals surface area contributed by atoms with Gasteiger partial charge in [-0.3, -0.25) is 4.79 Å². The molecule has 0 aliphatic heterocycles. The molecule has 2 N–H and O–H groups in total.